The first-order valence-corrected chi connectivity index (χ1v) is 8.19. The lowest BCUT2D eigenvalue weighted by Crippen LogP contribution is -2.46. The molecule has 2 atom stereocenters. The molecule has 0 aromatic carbocycles. The molecule has 2 heteroatoms. The van der Waals surface area contributed by atoms with E-state index in [-0.39, 0.29) is 0 Å². The fourth-order valence-electron chi connectivity index (χ4n) is 3.42. The Kier molecular flexibility index (Phi) is 5.50. The lowest BCUT2D eigenvalue weighted by Gasteiger charge is -2.39. The third-order valence-corrected chi connectivity index (χ3v) is 4.39. The molecule has 2 saturated carbocycles. The number of nitrogens with one attached hydrogen (secondary N) is 1. The largest absolute Gasteiger partial charge is 0.314 e. The van der Waals surface area contributed by atoms with Gasteiger partial charge in [-0.25, -0.2) is 0 Å². The smallest absolute Gasteiger partial charge is 0.0113 e. The van der Waals surface area contributed by atoms with Gasteiger partial charge in [-0.1, -0.05) is 27.2 Å². The summed E-state index contributed by atoms with van der Waals surface area (Å²) in [6, 6.07) is 2.59. The fraction of sp³-hybridized carbons (Fsp3) is 1.00. The highest BCUT2D eigenvalue weighted by Gasteiger charge is 2.36. The zero-order valence-corrected chi connectivity index (χ0v) is 12.6. The van der Waals surface area contributed by atoms with E-state index in [2.05, 4.69) is 31.0 Å². The van der Waals surface area contributed by atoms with Crippen molar-refractivity contribution < 1.29 is 0 Å². The second kappa shape index (κ2) is 6.91. The Morgan fingerprint density at radius 3 is 2.50 bits per heavy atom. The third-order valence-electron chi connectivity index (χ3n) is 4.39. The summed E-state index contributed by atoms with van der Waals surface area (Å²) in [5.74, 6) is 0.814. The van der Waals surface area contributed by atoms with Gasteiger partial charge in [0.25, 0.3) is 0 Å². The van der Waals surface area contributed by atoms with Crippen LogP contribution >= 0.6 is 0 Å². The molecule has 2 unspecified atom stereocenters. The second-order valence-electron chi connectivity index (χ2n) is 6.79. The van der Waals surface area contributed by atoms with Crippen molar-refractivity contribution in [1.29, 1.82) is 0 Å². The normalized spacial score (nSPS) is 29.2. The summed E-state index contributed by atoms with van der Waals surface area (Å²) in [6.07, 6.45) is 9.83. The van der Waals surface area contributed by atoms with Gasteiger partial charge >= 0.3 is 0 Å². The van der Waals surface area contributed by atoms with E-state index in [0.29, 0.717) is 0 Å². The maximum absolute atomic E-state index is 3.74. The molecular weight excluding hydrogens is 220 g/mol. The highest BCUT2D eigenvalue weighted by atomic mass is 15.2. The van der Waals surface area contributed by atoms with Gasteiger partial charge in [-0.05, 0) is 51.0 Å². The van der Waals surface area contributed by atoms with Crippen LogP contribution in [0.3, 0.4) is 0 Å². The van der Waals surface area contributed by atoms with Crippen LogP contribution in [0.2, 0.25) is 0 Å². The van der Waals surface area contributed by atoms with Gasteiger partial charge in [-0.3, -0.25) is 4.90 Å². The maximum Gasteiger partial charge on any atom is 0.0113 e. The molecule has 0 bridgehead atoms. The van der Waals surface area contributed by atoms with E-state index >= 15 is 0 Å². The molecule has 0 radical (unpaired) electrons. The predicted molar refractivity (Wildman–Crippen MR) is 78.9 cm³/mol. The van der Waals surface area contributed by atoms with E-state index in [9.17, 15) is 0 Å². The minimum atomic E-state index is 0.789. The molecule has 0 heterocycles. The summed E-state index contributed by atoms with van der Waals surface area (Å²) in [5.41, 5.74) is 0. The molecule has 2 rings (SSSR count). The Bertz CT molecular complexity index is 235. The number of rotatable bonds is 7. The average molecular weight is 252 g/mol. The molecule has 2 aliphatic rings. The van der Waals surface area contributed by atoms with Crippen LogP contribution in [0, 0.1) is 5.92 Å². The van der Waals surface area contributed by atoms with Crippen molar-refractivity contribution in [2.24, 2.45) is 5.92 Å². The lowest BCUT2D eigenvalue weighted by molar-refractivity contribution is 0.117. The number of nitrogens with zero attached hydrogens (tertiary/aromatic N) is 1. The minimum absolute atomic E-state index is 0.789. The quantitative estimate of drug-likeness (QED) is 0.747. The van der Waals surface area contributed by atoms with Gasteiger partial charge in [0.05, 0.1) is 0 Å². The third kappa shape index (κ3) is 4.24. The van der Waals surface area contributed by atoms with E-state index in [0.717, 1.165) is 24.0 Å². The summed E-state index contributed by atoms with van der Waals surface area (Å²) >= 11 is 0. The van der Waals surface area contributed by atoms with Crippen LogP contribution in [0.4, 0.5) is 0 Å². The Morgan fingerprint density at radius 2 is 1.89 bits per heavy atom. The standard InChI is InChI=1S/C16H32N2/c1-4-10-17-14-6-5-7-16(11-14)18(12-13(2)3)15-8-9-15/h13-17H,4-12H2,1-3H3. The number of hydrogen-bond donors (Lipinski definition) is 1. The van der Waals surface area contributed by atoms with Crippen molar-refractivity contribution in [2.45, 2.75) is 83.8 Å². The SMILES string of the molecule is CCCNC1CCCC(N(CC(C)C)C2CC2)C1. The van der Waals surface area contributed by atoms with Gasteiger partial charge in [0, 0.05) is 24.7 Å². The first-order valence-electron chi connectivity index (χ1n) is 8.19. The first-order chi connectivity index (χ1) is 8.70. The Hall–Kier alpha value is -0.0800. The molecule has 0 amide bonds. The van der Waals surface area contributed by atoms with Crippen LogP contribution in [-0.4, -0.2) is 36.1 Å². The van der Waals surface area contributed by atoms with Crippen molar-refractivity contribution in [2.75, 3.05) is 13.1 Å². The Balaban J connectivity index is 1.84. The highest BCUT2D eigenvalue weighted by molar-refractivity contribution is 4.92. The van der Waals surface area contributed by atoms with Gasteiger partial charge in [-0.2, -0.15) is 0 Å². The molecule has 2 aliphatic carbocycles. The van der Waals surface area contributed by atoms with Crippen LogP contribution in [-0.2, 0) is 0 Å². The lowest BCUT2D eigenvalue weighted by atomic mass is 9.89. The molecule has 1 N–H and O–H groups in total. The summed E-state index contributed by atoms with van der Waals surface area (Å²) < 4.78 is 0. The average Bonchev–Trinajstić information content (AvgIpc) is 3.18. The zero-order valence-electron chi connectivity index (χ0n) is 12.6. The van der Waals surface area contributed by atoms with Crippen LogP contribution < -0.4 is 5.32 Å². The van der Waals surface area contributed by atoms with Crippen LogP contribution in [0.25, 0.3) is 0 Å². The molecule has 0 aliphatic heterocycles. The minimum Gasteiger partial charge on any atom is -0.314 e. The van der Waals surface area contributed by atoms with Crippen LogP contribution in [0.5, 0.6) is 0 Å². The van der Waals surface area contributed by atoms with Crippen molar-refractivity contribution >= 4 is 0 Å². The van der Waals surface area contributed by atoms with E-state index in [1.54, 1.807) is 0 Å². The van der Waals surface area contributed by atoms with E-state index in [1.165, 1.54) is 58.0 Å². The molecule has 0 saturated heterocycles. The zero-order chi connectivity index (χ0) is 13.0. The van der Waals surface area contributed by atoms with Gasteiger partial charge < -0.3 is 5.32 Å². The van der Waals surface area contributed by atoms with Gasteiger partial charge in [0.15, 0.2) is 0 Å². The van der Waals surface area contributed by atoms with Gasteiger partial charge in [0.2, 0.25) is 0 Å². The maximum atomic E-state index is 3.74. The molecule has 2 fully saturated rings. The highest BCUT2D eigenvalue weighted by Crippen LogP contribution is 2.34. The van der Waals surface area contributed by atoms with E-state index in [4.69, 9.17) is 0 Å². The van der Waals surface area contributed by atoms with Gasteiger partial charge in [-0.15, -0.1) is 0 Å². The fourth-order valence-corrected chi connectivity index (χ4v) is 3.42. The van der Waals surface area contributed by atoms with Crippen molar-refractivity contribution in [3.8, 4) is 0 Å². The monoisotopic (exact) mass is 252 g/mol. The van der Waals surface area contributed by atoms with Crippen LogP contribution in [0.15, 0.2) is 0 Å². The molecule has 18 heavy (non-hydrogen) atoms. The molecular formula is C16H32N2. The Morgan fingerprint density at radius 1 is 1.11 bits per heavy atom. The molecule has 0 spiro atoms. The summed E-state index contributed by atoms with van der Waals surface area (Å²) in [7, 11) is 0. The second-order valence-corrected chi connectivity index (χ2v) is 6.79. The first kappa shape index (κ1) is 14.3. The van der Waals surface area contributed by atoms with Crippen molar-refractivity contribution in [3.05, 3.63) is 0 Å². The number of hydrogen-bond acceptors (Lipinski definition) is 2. The van der Waals surface area contributed by atoms with Crippen molar-refractivity contribution in [3.63, 3.8) is 0 Å². The van der Waals surface area contributed by atoms with E-state index in [1.807, 2.05) is 0 Å². The van der Waals surface area contributed by atoms with E-state index < -0.39 is 0 Å². The predicted octanol–water partition coefficient (Wildman–Crippen LogP) is 3.42. The van der Waals surface area contributed by atoms with Crippen molar-refractivity contribution in [1.82, 2.24) is 10.2 Å². The van der Waals surface area contributed by atoms with Gasteiger partial charge in [0.1, 0.15) is 0 Å². The topological polar surface area (TPSA) is 15.3 Å². The summed E-state index contributed by atoms with van der Waals surface area (Å²) in [4.78, 5) is 2.85. The Labute approximate surface area is 114 Å². The summed E-state index contributed by atoms with van der Waals surface area (Å²) in [6.45, 7) is 9.51. The molecule has 0 aromatic rings. The summed E-state index contributed by atoms with van der Waals surface area (Å²) in [5, 5.41) is 3.74. The van der Waals surface area contributed by atoms with Crippen LogP contribution in [0.1, 0.15) is 65.7 Å². The molecule has 106 valence electrons. The molecule has 2 nitrogen and oxygen atoms in total. The molecule has 0 aromatic heterocycles.